The predicted molar refractivity (Wildman–Crippen MR) is 64.9 cm³/mol. The van der Waals surface area contributed by atoms with Gasteiger partial charge in [-0.1, -0.05) is 6.92 Å². The average Bonchev–Trinajstić information content (AvgIpc) is 3.11. The van der Waals surface area contributed by atoms with E-state index in [4.69, 9.17) is 0 Å². The number of hydrogen-bond donors (Lipinski definition) is 1. The minimum absolute atomic E-state index is 0.297. The molecule has 0 aromatic heterocycles. The van der Waals surface area contributed by atoms with Gasteiger partial charge >= 0.3 is 0 Å². The smallest absolute Gasteiger partial charge is 0.126 e. The van der Waals surface area contributed by atoms with Crippen molar-refractivity contribution >= 4 is 0 Å². The van der Waals surface area contributed by atoms with Gasteiger partial charge in [-0.25, -0.2) is 8.78 Å². The Bertz CT molecular complexity index is 374. The van der Waals surface area contributed by atoms with E-state index in [-0.39, 0.29) is 11.6 Å². The van der Waals surface area contributed by atoms with Crippen LogP contribution in [0.4, 0.5) is 8.78 Å². The molecule has 0 heterocycles. The Morgan fingerprint density at radius 1 is 1.35 bits per heavy atom. The molecule has 0 saturated heterocycles. The quantitative estimate of drug-likeness (QED) is 0.803. The number of hydrogen-bond acceptors (Lipinski definition) is 1. The van der Waals surface area contributed by atoms with Crippen molar-refractivity contribution in [3.05, 3.63) is 35.4 Å². The van der Waals surface area contributed by atoms with E-state index in [1.807, 2.05) is 0 Å². The molecule has 94 valence electrons. The van der Waals surface area contributed by atoms with Crippen molar-refractivity contribution < 1.29 is 8.78 Å². The van der Waals surface area contributed by atoms with E-state index in [0.717, 1.165) is 19.0 Å². The van der Waals surface area contributed by atoms with Gasteiger partial charge in [-0.3, -0.25) is 0 Å². The Balaban J connectivity index is 1.77. The molecule has 0 amide bonds. The summed E-state index contributed by atoms with van der Waals surface area (Å²) in [6.45, 7) is 3.12. The van der Waals surface area contributed by atoms with Gasteiger partial charge in [0.25, 0.3) is 0 Å². The van der Waals surface area contributed by atoms with E-state index >= 15 is 0 Å². The predicted octanol–water partition coefficient (Wildman–Crippen LogP) is 3.29. The summed E-state index contributed by atoms with van der Waals surface area (Å²) in [5.41, 5.74) is 0.489. The molecule has 1 aliphatic rings. The lowest BCUT2D eigenvalue weighted by atomic mass is 10.0. The second-order valence-corrected chi connectivity index (χ2v) is 5.06. The largest absolute Gasteiger partial charge is 0.314 e. The van der Waals surface area contributed by atoms with Crippen LogP contribution < -0.4 is 5.32 Å². The van der Waals surface area contributed by atoms with Gasteiger partial charge < -0.3 is 5.32 Å². The van der Waals surface area contributed by atoms with Crippen molar-refractivity contribution in [1.29, 1.82) is 0 Å². The fourth-order valence-electron chi connectivity index (χ4n) is 1.89. The second kappa shape index (κ2) is 5.58. The van der Waals surface area contributed by atoms with Crippen molar-refractivity contribution in [2.24, 2.45) is 5.92 Å². The van der Waals surface area contributed by atoms with E-state index in [9.17, 15) is 8.78 Å². The lowest BCUT2D eigenvalue weighted by Crippen LogP contribution is -2.23. The van der Waals surface area contributed by atoms with E-state index in [0.29, 0.717) is 23.9 Å². The topological polar surface area (TPSA) is 12.0 Å². The van der Waals surface area contributed by atoms with Gasteiger partial charge in [0.1, 0.15) is 11.6 Å². The molecule has 17 heavy (non-hydrogen) atoms. The first-order valence-electron chi connectivity index (χ1n) is 6.32. The molecule has 1 aromatic carbocycles. The molecule has 1 fully saturated rings. The van der Waals surface area contributed by atoms with Crippen LogP contribution in [0.3, 0.4) is 0 Å². The molecular weight excluding hydrogens is 220 g/mol. The fourth-order valence-corrected chi connectivity index (χ4v) is 1.89. The third-order valence-electron chi connectivity index (χ3n) is 3.25. The third-order valence-corrected chi connectivity index (χ3v) is 3.25. The molecule has 1 atom stereocenters. The molecule has 3 heteroatoms. The molecule has 1 unspecified atom stereocenters. The maximum atomic E-state index is 13.4. The van der Waals surface area contributed by atoms with Crippen LogP contribution in [0.25, 0.3) is 0 Å². The zero-order valence-corrected chi connectivity index (χ0v) is 10.2. The van der Waals surface area contributed by atoms with Crippen LogP contribution in [-0.4, -0.2) is 12.6 Å². The maximum absolute atomic E-state index is 13.4. The molecule has 1 saturated carbocycles. The Kier molecular flexibility index (Phi) is 4.11. The average molecular weight is 239 g/mol. The molecule has 1 aromatic rings. The van der Waals surface area contributed by atoms with Gasteiger partial charge in [0.2, 0.25) is 0 Å². The monoisotopic (exact) mass is 239 g/mol. The molecule has 0 spiro atoms. The van der Waals surface area contributed by atoms with Gasteiger partial charge in [-0.2, -0.15) is 0 Å². The van der Waals surface area contributed by atoms with Crippen LogP contribution in [0, 0.1) is 17.6 Å². The van der Waals surface area contributed by atoms with Crippen LogP contribution in [0.5, 0.6) is 0 Å². The molecule has 1 aliphatic carbocycles. The first-order chi connectivity index (χ1) is 8.15. The number of aryl methyl sites for hydroxylation is 1. The Labute approximate surface area is 101 Å². The zero-order valence-electron chi connectivity index (χ0n) is 10.2. The van der Waals surface area contributed by atoms with Gasteiger partial charge in [-0.15, -0.1) is 0 Å². The molecule has 0 bridgehead atoms. The van der Waals surface area contributed by atoms with Crippen molar-refractivity contribution in [1.82, 2.24) is 5.32 Å². The van der Waals surface area contributed by atoms with E-state index in [2.05, 4.69) is 12.2 Å². The molecule has 0 aliphatic heterocycles. The SMILES string of the molecule is CC(CCc1cc(F)ccc1F)CNC1CC1. The number of rotatable bonds is 6. The highest BCUT2D eigenvalue weighted by Crippen LogP contribution is 2.20. The van der Waals surface area contributed by atoms with Crippen LogP contribution in [-0.2, 0) is 6.42 Å². The molecule has 1 nitrogen and oxygen atoms in total. The van der Waals surface area contributed by atoms with Crippen LogP contribution >= 0.6 is 0 Å². The Morgan fingerprint density at radius 2 is 2.12 bits per heavy atom. The normalized spacial score (nSPS) is 17.1. The minimum atomic E-state index is -0.356. The lowest BCUT2D eigenvalue weighted by Gasteiger charge is -2.12. The van der Waals surface area contributed by atoms with Gasteiger partial charge in [-0.05, 0) is 61.9 Å². The van der Waals surface area contributed by atoms with E-state index in [1.54, 1.807) is 0 Å². The summed E-state index contributed by atoms with van der Waals surface area (Å²) in [6.07, 6.45) is 4.06. The number of nitrogens with one attached hydrogen (secondary N) is 1. The lowest BCUT2D eigenvalue weighted by molar-refractivity contribution is 0.473. The van der Waals surface area contributed by atoms with Crippen molar-refractivity contribution in [3.8, 4) is 0 Å². The molecule has 1 N–H and O–H groups in total. The summed E-state index contributed by atoms with van der Waals surface area (Å²) in [4.78, 5) is 0. The second-order valence-electron chi connectivity index (χ2n) is 5.06. The minimum Gasteiger partial charge on any atom is -0.314 e. The molecule has 0 radical (unpaired) electrons. The van der Waals surface area contributed by atoms with E-state index in [1.165, 1.54) is 25.0 Å². The highest BCUT2D eigenvalue weighted by Gasteiger charge is 2.20. The molecule has 2 rings (SSSR count). The van der Waals surface area contributed by atoms with Gasteiger partial charge in [0.05, 0.1) is 0 Å². The Hall–Kier alpha value is -0.960. The van der Waals surface area contributed by atoms with Crippen LogP contribution in [0.15, 0.2) is 18.2 Å². The van der Waals surface area contributed by atoms with Gasteiger partial charge in [0, 0.05) is 6.04 Å². The van der Waals surface area contributed by atoms with Crippen LogP contribution in [0.2, 0.25) is 0 Å². The summed E-state index contributed by atoms with van der Waals surface area (Å²) in [6, 6.07) is 4.38. The summed E-state index contributed by atoms with van der Waals surface area (Å²) in [5, 5.41) is 3.45. The molecular formula is C14H19F2N. The fraction of sp³-hybridized carbons (Fsp3) is 0.571. The number of halogens is 2. The standard InChI is InChI=1S/C14H19F2N/c1-10(9-17-13-5-6-13)2-3-11-8-12(15)4-7-14(11)16/h4,7-8,10,13,17H,2-3,5-6,9H2,1H3. The van der Waals surface area contributed by atoms with E-state index < -0.39 is 0 Å². The van der Waals surface area contributed by atoms with Crippen molar-refractivity contribution in [3.63, 3.8) is 0 Å². The summed E-state index contributed by atoms with van der Waals surface area (Å²) >= 11 is 0. The number of benzene rings is 1. The summed E-state index contributed by atoms with van der Waals surface area (Å²) in [5.74, 6) is -0.155. The third kappa shape index (κ3) is 4.08. The first kappa shape index (κ1) is 12.5. The highest BCUT2D eigenvalue weighted by atomic mass is 19.1. The van der Waals surface area contributed by atoms with Crippen LogP contribution in [0.1, 0.15) is 31.7 Å². The van der Waals surface area contributed by atoms with Gasteiger partial charge in [0.15, 0.2) is 0 Å². The Morgan fingerprint density at radius 3 is 2.82 bits per heavy atom. The van der Waals surface area contributed by atoms with Crippen molar-refractivity contribution in [2.45, 2.75) is 38.6 Å². The first-order valence-corrected chi connectivity index (χ1v) is 6.32. The maximum Gasteiger partial charge on any atom is 0.126 e. The zero-order chi connectivity index (χ0) is 12.3. The van der Waals surface area contributed by atoms with Crippen molar-refractivity contribution in [2.75, 3.05) is 6.54 Å². The highest BCUT2D eigenvalue weighted by molar-refractivity contribution is 5.18. The summed E-state index contributed by atoms with van der Waals surface area (Å²) < 4.78 is 26.3. The summed E-state index contributed by atoms with van der Waals surface area (Å²) in [7, 11) is 0.